The highest BCUT2D eigenvalue weighted by molar-refractivity contribution is 7.89. The second kappa shape index (κ2) is 9.17. The highest BCUT2D eigenvalue weighted by atomic mass is 32.2. The largest absolute Gasteiger partial charge is 0.345 e. The second-order valence-corrected chi connectivity index (χ2v) is 9.48. The number of carbonyl (C=O) groups excluding carboxylic acids is 1. The SMILES string of the molecule is CCC(CC)(CN)NC(=O)c1cccc(S(=O)(=O)N(C)C2CCCCC2)c1. The van der Waals surface area contributed by atoms with Gasteiger partial charge < -0.3 is 11.1 Å². The van der Waals surface area contributed by atoms with Gasteiger partial charge >= 0.3 is 0 Å². The molecule has 1 fully saturated rings. The Balaban J connectivity index is 2.24. The van der Waals surface area contributed by atoms with Gasteiger partial charge in [-0.2, -0.15) is 4.31 Å². The molecule has 0 aliphatic heterocycles. The lowest BCUT2D eigenvalue weighted by atomic mass is 9.92. The fourth-order valence-electron chi connectivity index (χ4n) is 3.68. The molecule has 0 atom stereocenters. The Bertz CT molecular complexity index is 730. The molecule has 0 radical (unpaired) electrons. The molecule has 0 heterocycles. The third-order valence-corrected chi connectivity index (χ3v) is 7.89. The zero-order valence-corrected chi connectivity index (χ0v) is 17.5. The van der Waals surface area contributed by atoms with Crippen molar-refractivity contribution in [3.05, 3.63) is 29.8 Å². The third kappa shape index (κ3) is 4.89. The lowest BCUT2D eigenvalue weighted by Gasteiger charge is -2.32. The molecule has 1 aromatic carbocycles. The summed E-state index contributed by atoms with van der Waals surface area (Å²) in [6, 6.07) is 6.32. The summed E-state index contributed by atoms with van der Waals surface area (Å²) < 4.78 is 27.5. The minimum absolute atomic E-state index is 0.0336. The Hall–Kier alpha value is -1.44. The van der Waals surface area contributed by atoms with Gasteiger partial charge in [-0.1, -0.05) is 39.2 Å². The summed E-state index contributed by atoms with van der Waals surface area (Å²) in [5, 5.41) is 2.99. The number of hydrogen-bond acceptors (Lipinski definition) is 4. The maximum atomic E-state index is 13.0. The van der Waals surface area contributed by atoms with E-state index in [0.717, 1.165) is 32.1 Å². The topological polar surface area (TPSA) is 92.5 Å². The van der Waals surface area contributed by atoms with Gasteiger partial charge in [0.05, 0.1) is 10.4 Å². The number of sulfonamides is 1. The Morgan fingerprint density at radius 3 is 2.41 bits per heavy atom. The van der Waals surface area contributed by atoms with E-state index in [2.05, 4.69) is 5.32 Å². The van der Waals surface area contributed by atoms with Crippen molar-refractivity contribution >= 4 is 15.9 Å². The van der Waals surface area contributed by atoms with Gasteiger partial charge in [0.15, 0.2) is 0 Å². The molecule has 1 amide bonds. The molecule has 2 rings (SSSR count). The number of benzene rings is 1. The predicted octanol–water partition coefficient (Wildman–Crippen LogP) is 2.89. The van der Waals surface area contributed by atoms with E-state index in [1.165, 1.54) is 10.4 Å². The van der Waals surface area contributed by atoms with Gasteiger partial charge in [-0.3, -0.25) is 4.79 Å². The molecule has 7 heteroatoms. The maximum Gasteiger partial charge on any atom is 0.251 e. The van der Waals surface area contributed by atoms with Crippen molar-refractivity contribution in [3.8, 4) is 0 Å². The quantitative estimate of drug-likeness (QED) is 0.708. The van der Waals surface area contributed by atoms with Crippen LogP contribution in [0.2, 0.25) is 0 Å². The van der Waals surface area contributed by atoms with Crippen LogP contribution in [0.5, 0.6) is 0 Å². The molecule has 1 aliphatic rings. The van der Waals surface area contributed by atoms with Crippen molar-refractivity contribution in [2.45, 2.75) is 75.3 Å². The van der Waals surface area contributed by atoms with Crippen LogP contribution in [-0.2, 0) is 10.0 Å². The predicted molar refractivity (Wildman–Crippen MR) is 108 cm³/mol. The Morgan fingerprint density at radius 2 is 1.85 bits per heavy atom. The standard InChI is InChI=1S/C20H33N3O3S/c1-4-20(5-2,15-21)22-19(24)16-10-9-13-18(14-16)27(25,26)23(3)17-11-7-6-8-12-17/h9-10,13-14,17H,4-8,11-12,15,21H2,1-3H3,(H,22,24). The van der Waals surface area contributed by atoms with Crippen LogP contribution < -0.4 is 11.1 Å². The lowest BCUT2D eigenvalue weighted by Crippen LogP contribution is -2.52. The molecule has 0 bridgehead atoms. The average Bonchev–Trinajstić information content (AvgIpc) is 2.72. The molecule has 0 aromatic heterocycles. The van der Waals surface area contributed by atoms with Crippen molar-refractivity contribution in [2.24, 2.45) is 5.73 Å². The van der Waals surface area contributed by atoms with Crippen LogP contribution in [0, 0.1) is 0 Å². The summed E-state index contributed by atoms with van der Waals surface area (Å²) >= 11 is 0. The number of amides is 1. The zero-order chi connectivity index (χ0) is 20.1. The van der Waals surface area contributed by atoms with E-state index < -0.39 is 15.6 Å². The van der Waals surface area contributed by atoms with Crippen molar-refractivity contribution in [1.29, 1.82) is 0 Å². The normalized spacial score (nSPS) is 16.5. The molecule has 0 unspecified atom stereocenters. The van der Waals surface area contributed by atoms with E-state index in [9.17, 15) is 13.2 Å². The summed E-state index contributed by atoms with van der Waals surface area (Å²) in [4.78, 5) is 12.9. The van der Waals surface area contributed by atoms with Crippen LogP contribution in [0.4, 0.5) is 0 Å². The first-order valence-electron chi connectivity index (χ1n) is 9.90. The zero-order valence-electron chi connectivity index (χ0n) is 16.7. The summed E-state index contributed by atoms with van der Waals surface area (Å²) in [6.07, 6.45) is 6.49. The number of nitrogens with zero attached hydrogens (tertiary/aromatic N) is 1. The van der Waals surface area contributed by atoms with Gasteiger partial charge in [-0.05, 0) is 43.9 Å². The first kappa shape index (κ1) is 21.9. The van der Waals surface area contributed by atoms with Gasteiger partial charge in [0.25, 0.3) is 5.91 Å². The lowest BCUT2D eigenvalue weighted by molar-refractivity contribution is 0.0895. The van der Waals surface area contributed by atoms with E-state index in [4.69, 9.17) is 5.73 Å². The van der Waals surface area contributed by atoms with Crippen molar-refractivity contribution < 1.29 is 13.2 Å². The summed E-state index contributed by atoms with van der Waals surface area (Å²) in [6.45, 7) is 4.31. The van der Waals surface area contributed by atoms with E-state index in [-0.39, 0.29) is 16.8 Å². The van der Waals surface area contributed by atoms with E-state index in [0.29, 0.717) is 24.9 Å². The van der Waals surface area contributed by atoms with Crippen molar-refractivity contribution in [1.82, 2.24) is 9.62 Å². The van der Waals surface area contributed by atoms with Crippen LogP contribution in [-0.4, -0.2) is 43.8 Å². The highest BCUT2D eigenvalue weighted by Gasteiger charge is 2.30. The number of nitrogens with two attached hydrogens (primary N) is 1. The minimum atomic E-state index is -3.63. The Labute approximate surface area is 163 Å². The number of nitrogens with one attached hydrogen (secondary N) is 1. The molecule has 1 aromatic rings. The highest BCUT2D eigenvalue weighted by Crippen LogP contribution is 2.27. The Kier molecular flexibility index (Phi) is 7.42. The van der Waals surface area contributed by atoms with Crippen molar-refractivity contribution in [2.75, 3.05) is 13.6 Å². The van der Waals surface area contributed by atoms with Crippen LogP contribution in [0.25, 0.3) is 0 Å². The maximum absolute atomic E-state index is 13.0. The van der Waals surface area contributed by atoms with E-state index in [1.54, 1.807) is 25.2 Å². The molecule has 1 aliphatic carbocycles. The van der Waals surface area contributed by atoms with Crippen molar-refractivity contribution in [3.63, 3.8) is 0 Å². The fraction of sp³-hybridized carbons (Fsp3) is 0.650. The van der Waals surface area contributed by atoms with E-state index in [1.807, 2.05) is 13.8 Å². The molecular formula is C20H33N3O3S. The van der Waals surface area contributed by atoms with Gasteiger partial charge in [-0.15, -0.1) is 0 Å². The van der Waals surface area contributed by atoms with Gasteiger partial charge in [0.1, 0.15) is 0 Å². The van der Waals surface area contributed by atoms with Gasteiger partial charge in [0, 0.05) is 25.2 Å². The van der Waals surface area contributed by atoms with Crippen LogP contribution in [0.3, 0.4) is 0 Å². The molecule has 3 N–H and O–H groups in total. The molecule has 152 valence electrons. The summed E-state index contributed by atoms with van der Waals surface area (Å²) in [5.41, 5.74) is 5.73. The molecular weight excluding hydrogens is 362 g/mol. The van der Waals surface area contributed by atoms with Crippen LogP contribution >= 0.6 is 0 Å². The average molecular weight is 396 g/mol. The number of hydrogen-bond donors (Lipinski definition) is 2. The number of rotatable bonds is 8. The molecule has 0 saturated heterocycles. The van der Waals surface area contributed by atoms with Gasteiger partial charge in [0.2, 0.25) is 10.0 Å². The molecule has 1 saturated carbocycles. The second-order valence-electron chi connectivity index (χ2n) is 7.49. The summed E-state index contributed by atoms with van der Waals surface area (Å²) in [7, 11) is -1.98. The first-order valence-corrected chi connectivity index (χ1v) is 11.3. The third-order valence-electron chi connectivity index (χ3n) is 5.99. The Morgan fingerprint density at radius 1 is 1.22 bits per heavy atom. The molecule has 6 nitrogen and oxygen atoms in total. The monoisotopic (exact) mass is 395 g/mol. The smallest absolute Gasteiger partial charge is 0.251 e. The molecule has 0 spiro atoms. The minimum Gasteiger partial charge on any atom is -0.345 e. The van der Waals surface area contributed by atoms with Crippen LogP contribution in [0.15, 0.2) is 29.2 Å². The summed E-state index contributed by atoms with van der Waals surface area (Å²) in [5.74, 6) is -0.290. The first-order chi connectivity index (χ1) is 12.8. The fourth-order valence-corrected chi connectivity index (χ4v) is 5.15. The van der Waals surface area contributed by atoms with E-state index >= 15 is 0 Å². The van der Waals surface area contributed by atoms with Crippen LogP contribution in [0.1, 0.15) is 69.2 Å². The molecule has 27 heavy (non-hydrogen) atoms. The van der Waals surface area contributed by atoms with Gasteiger partial charge in [-0.25, -0.2) is 8.42 Å². The number of carbonyl (C=O) groups is 1.